The first kappa shape index (κ1) is 11.3. The van der Waals surface area contributed by atoms with Gasteiger partial charge in [-0.3, -0.25) is 4.68 Å². The smallest absolute Gasteiger partial charge is 0.0568 e. The minimum Gasteiger partial charge on any atom is -0.374 e. The number of anilines is 1. The molecule has 2 aromatic rings. The molecule has 1 atom stereocenters. The summed E-state index contributed by atoms with van der Waals surface area (Å²) in [5.41, 5.74) is 5.30. The van der Waals surface area contributed by atoms with Crippen molar-refractivity contribution in [3.8, 4) is 11.1 Å². The number of aromatic nitrogens is 2. The Balaban J connectivity index is 2.03. The highest BCUT2D eigenvalue weighted by molar-refractivity contribution is 5.68. The van der Waals surface area contributed by atoms with Gasteiger partial charge in [0.25, 0.3) is 0 Å². The lowest BCUT2D eigenvalue weighted by Crippen LogP contribution is -2.30. The van der Waals surface area contributed by atoms with Crippen LogP contribution in [0, 0.1) is 5.92 Å². The molecule has 1 aliphatic heterocycles. The fourth-order valence-electron chi connectivity index (χ4n) is 2.88. The highest BCUT2D eigenvalue weighted by Crippen LogP contribution is 2.32. The first-order valence-electron chi connectivity index (χ1n) is 6.46. The zero-order valence-electron chi connectivity index (χ0n) is 11.2. The molecular weight excluding hydrogens is 222 g/mol. The second-order valence-electron chi connectivity index (χ2n) is 5.44. The summed E-state index contributed by atoms with van der Waals surface area (Å²) >= 11 is 0. The van der Waals surface area contributed by atoms with E-state index in [2.05, 4.69) is 48.4 Å². The van der Waals surface area contributed by atoms with Crippen molar-refractivity contribution in [2.24, 2.45) is 13.0 Å². The molecule has 94 valence electrons. The molecule has 3 nitrogen and oxygen atoms in total. The van der Waals surface area contributed by atoms with Crippen LogP contribution < -0.4 is 4.90 Å². The van der Waals surface area contributed by atoms with Gasteiger partial charge in [0.05, 0.1) is 6.20 Å². The summed E-state index contributed by atoms with van der Waals surface area (Å²) in [6, 6.07) is 6.75. The van der Waals surface area contributed by atoms with Crippen LogP contribution >= 0.6 is 0 Å². The highest BCUT2D eigenvalue weighted by Gasteiger charge is 2.19. The summed E-state index contributed by atoms with van der Waals surface area (Å²) in [6.07, 6.45) is 5.17. The molecule has 18 heavy (non-hydrogen) atoms. The topological polar surface area (TPSA) is 21.1 Å². The van der Waals surface area contributed by atoms with Crippen LogP contribution in [0.5, 0.6) is 0 Å². The van der Waals surface area contributed by atoms with Gasteiger partial charge in [0.1, 0.15) is 0 Å². The number of rotatable bonds is 1. The molecule has 0 aliphatic carbocycles. The third-order valence-electron chi connectivity index (χ3n) is 3.68. The van der Waals surface area contributed by atoms with Crippen LogP contribution in [0.1, 0.15) is 12.5 Å². The van der Waals surface area contributed by atoms with Gasteiger partial charge in [0, 0.05) is 38.1 Å². The predicted molar refractivity (Wildman–Crippen MR) is 74.8 cm³/mol. The third-order valence-corrected chi connectivity index (χ3v) is 3.68. The van der Waals surface area contributed by atoms with Crippen molar-refractivity contribution >= 4 is 5.69 Å². The number of aryl methyl sites for hydroxylation is 1. The molecule has 0 spiro atoms. The van der Waals surface area contributed by atoms with Crippen molar-refractivity contribution in [3.63, 3.8) is 0 Å². The zero-order chi connectivity index (χ0) is 12.7. The summed E-state index contributed by atoms with van der Waals surface area (Å²) < 4.78 is 1.85. The fraction of sp³-hybridized carbons (Fsp3) is 0.400. The van der Waals surface area contributed by atoms with Gasteiger partial charge in [-0.2, -0.15) is 5.10 Å². The van der Waals surface area contributed by atoms with Crippen LogP contribution in [0.3, 0.4) is 0 Å². The van der Waals surface area contributed by atoms with Gasteiger partial charge in [-0.25, -0.2) is 0 Å². The average molecular weight is 241 g/mol. The molecule has 2 heterocycles. The first-order chi connectivity index (χ1) is 8.63. The Labute approximate surface area is 108 Å². The van der Waals surface area contributed by atoms with E-state index in [1.54, 1.807) is 0 Å². The molecule has 0 saturated heterocycles. The average Bonchev–Trinajstić information content (AvgIpc) is 2.75. The molecule has 0 saturated carbocycles. The van der Waals surface area contributed by atoms with Gasteiger partial charge in [-0.05, 0) is 35.6 Å². The van der Waals surface area contributed by atoms with Crippen molar-refractivity contribution < 1.29 is 0 Å². The SMILES string of the molecule is CC1Cc2cc(-c3cnn(C)c3)ccc2N(C)C1. The molecule has 1 unspecified atom stereocenters. The van der Waals surface area contributed by atoms with E-state index in [1.165, 1.54) is 28.8 Å². The van der Waals surface area contributed by atoms with Crippen LogP contribution in [0.25, 0.3) is 11.1 Å². The van der Waals surface area contributed by atoms with E-state index in [0.29, 0.717) is 0 Å². The Morgan fingerprint density at radius 2 is 2.06 bits per heavy atom. The number of hydrogen-bond donors (Lipinski definition) is 0. The van der Waals surface area contributed by atoms with Gasteiger partial charge in [-0.15, -0.1) is 0 Å². The van der Waals surface area contributed by atoms with E-state index >= 15 is 0 Å². The van der Waals surface area contributed by atoms with E-state index in [0.717, 1.165) is 12.5 Å². The van der Waals surface area contributed by atoms with E-state index in [9.17, 15) is 0 Å². The summed E-state index contributed by atoms with van der Waals surface area (Å²) in [4.78, 5) is 2.36. The van der Waals surface area contributed by atoms with Crippen LogP contribution in [0.15, 0.2) is 30.6 Å². The third kappa shape index (κ3) is 1.90. The Kier molecular flexibility index (Phi) is 2.62. The lowest BCUT2D eigenvalue weighted by molar-refractivity contribution is 0.552. The van der Waals surface area contributed by atoms with Gasteiger partial charge in [0.2, 0.25) is 0 Å². The van der Waals surface area contributed by atoms with Gasteiger partial charge >= 0.3 is 0 Å². The van der Waals surface area contributed by atoms with Crippen molar-refractivity contribution in [3.05, 3.63) is 36.2 Å². The normalized spacial score (nSPS) is 18.8. The second kappa shape index (κ2) is 4.16. The summed E-state index contributed by atoms with van der Waals surface area (Å²) in [5, 5.41) is 4.24. The van der Waals surface area contributed by atoms with E-state index in [4.69, 9.17) is 0 Å². The maximum Gasteiger partial charge on any atom is 0.0568 e. The molecule has 1 aromatic carbocycles. The summed E-state index contributed by atoms with van der Waals surface area (Å²) in [7, 11) is 4.13. The number of nitrogens with zero attached hydrogens (tertiary/aromatic N) is 3. The highest BCUT2D eigenvalue weighted by atomic mass is 15.2. The minimum atomic E-state index is 0.728. The van der Waals surface area contributed by atoms with Crippen molar-refractivity contribution in [1.29, 1.82) is 0 Å². The minimum absolute atomic E-state index is 0.728. The maximum atomic E-state index is 4.24. The molecule has 3 heteroatoms. The van der Waals surface area contributed by atoms with Gasteiger partial charge in [-0.1, -0.05) is 13.0 Å². The fourth-order valence-corrected chi connectivity index (χ4v) is 2.88. The standard InChI is InChI=1S/C15H19N3/c1-11-6-13-7-12(14-8-16-18(3)10-14)4-5-15(13)17(2)9-11/h4-5,7-8,10-11H,6,9H2,1-3H3. The Hall–Kier alpha value is -1.77. The largest absolute Gasteiger partial charge is 0.374 e. The molecule has 0 bridgehead atoms. The van der Waals surface area contributed by atoms with Crippen molar-refractivity contribution in [2.45, 2.75) is 13.3 Å². The lowest BCUT2D eigenvalue weighted by Gasteiger charge is -2.32. The molecule has 0 amide bonds. The Bertz CT molecular complexity index is 571. The van der Waals surface area contributed by atoms with E-state index in [-0.39, 0.29) is 0 Å². The van der Waals surface area contributed by atoms with Crippen LogP contribution in [-0.4, -0.2) is 23.4 Å². The first-order valence-corrected chi connectivity index (χ1v) is 6.46. The van der Waals surface area contributed by atoms with Gasteiger partial charge < -0.3 is 4.90 Å². The van der Waals surface area contributed by atoms with Crippen LogP contribution in [0.2, 0.25) is 0 Å². The van der Waals surface area contributed by atoms with Crippen molar-refractivity contribution in [2.75, 3.05) is 18.5 Å². The monoisotopic (exact) mass is 241 g/mol. The Morgan fingerprint density at radius 1 is 1.22 bits per heavy atom. The summed E-state index contributed by atoms with van der Waals surface area (Å²) in [5.74, 6) is 0.728. The van der Waals surface area contributed by atoms with Crippen LogP contribution in [-0.2, 0) is 13.5 Å². The van der Waals surface area contributed by atoms with Crippen molar-refractivity contribution in [1.82, 2.24) is 9.78 Å². The maximum absolute atomic E-state index is 4.24. The molecule has 0 radical (unpaired) electrons. The number of hydrogen-bond acceptors (Lipinski definition) is 2. The molecule has 0 fully saturated rings. The second-order valence-corrected chi connectivity index (χ2v) is 5.44. The summed E-state index contributed by atoms with van der Waals surface area (Å²) in [6.45, 7) is 3.47. The number of benzene rings is 1. The zero-order valence-corrected chi connectivity index (χ0v) is 11.2. The molecule has 1 aromatic heterocycles. The molecule has 3 rings (SSSR count). The number of fused-ring (bicyclic) bond motifs is 1. The lowest BCUT2D eigenvalue weighted by atomic mass is 9.92. The molecular formula is C15H19N3. The van der Waals surface area contributed by atoms with E-state index in [1.807, 2.05) is 17.9 Å². The quantitative estimate of drug-likeness (QED) is 0.765. The van der Waals surface area contributed by atoms with E-state index < -0.39 is 0 Å². The Morgan fingerprint density at radius 3 is 2.78 bits per heavy atom. The molecule has 1 aliphatic rings. The molecule has 0 N–H and O–H groups in total. The van der Waals surface area contributed by atoms with Gasteiger partial charge in [0.15, 0.2) is 0 Å². The van der Waals surface area contributed by atoms with Crippen LogP contribution in [0.4, 0.5) is 5.69 Å². The predicted octanol–water partition coefficient (Wildman–Crippen LogP) is 2.72.